The first-order valence-corrected chi connectivity index (χ1v) is 4.95. The van der Waals surface area contributed by atoms with Gasteiger partial charge < -0.3 is 14.6 Å². The topological polar surface area (TPSA) is 38.7 Å². The van der Waals surface area contributed by atoms with Crippen molar-refractivity contribution in [2.75, 3.05) is 20.5 Å². The fraction of sp³-hybridized carbons (Fsp3) is 0.333. The Morgan fingerprint density at radius 2 is 1.92 bits per heavy atom. The van der Waals surface area contributed by atoms with E-state index in [4.69, 9.17) is 9.47 Å². The van der Waals surface area contributed by atoms with E-state index in [1.54, 1.807) is 6.07 Å². The summed E-state index contributed by atoms with van der Waals surface area (Å²) in [5, 5.41) is 9.64. The summed E-state index contributed by atoms with van der Waals surface area (Å²) in [5.41, 5.74) is 0. The molecule has 0 fully saturated rings. The predicted molar refractivity (Wildman–Crippen MR) is 53.0 cm³/mol. The molecule has 0 heterocycles. The maximum absolute atomic E-state index is 9.64. The van der Waals surface area contributed by atoms with Crippen LogP contribution in [0.5, 0.6) is 17.2 Å². The van der Waals surface area contributed by atoms with Crippen LogP contribution < -0.4 is 9.47 Å². The molecule has 0 saturated carbocycles. The Labute approximate surface area is 81.7 Å². The van der Waals surface area contributed by atoms with E-state index < -0.39 is 0 Å². The van der Waals surface area contributed by atoms with Gasteiger partial charge in [0.25, 0.3) is 0 Å². The Morgan fingerprint density at radius 3 is 2.38 bits per heavy atom. The van der Waals surface area contributed by atoms with Crippen LogP contribution >= 0.6 is 11.8 Å². The van der Waals surface area contributed by atoms with Crippen molar-refractivity contribution < 1.29 is 14.6 Å². The molecule has 0 bridgehead atoms. The number of rotatable bonds is 3. The maximum atomic E-state index is 9.64. The van der Waals surface area contributed by atoms with Crippen molar-refractivity contribution in [3.8, 4) is 17.2 Å². The third-order valence-electron chi connectivity index (χ3n) is 1.70. The van der Waals surface area contributed by atoms with Gasteiger partial charge in [-0.3, -0.25) is 0 Å². The third-order valence-corrected chi connectivity index (χ3v) is 2.46. The van der Waals surface area contributed by atoms with E-state index in [1.807, 2.05) is 12.3 Å². The van der Waals surface area contributed by atoms with Crippen molar-refractivity contribution in [1.29, 1.82) is 0 Å². The standard InChI is InChI=1S/C9H12O3S/c1-11-6-4-5-7(13-3)9(12-2)8(6)10/h4-5,10H,1-3H3. The number of hydrogen-bond acceptors (Lipinski definition) is 4. The Balaban J connectivity index is 3.23. The molecule has 1 aromatic carbocycles. The normalized spacial score (nSPS) is 9.77. The van der Waals surface area contributed by atoms with Crippen LogP contribution in [0.1, 0.15) is 0 Å². The summed E-state index contributed by atoms with van der Waals surface area (Å²) >= 11 is 1.51. The lowest BCUT2D eigenvalue weighted by atomic mass is 10.3. The number of phenolic OH excluding ortho intramolecular Hbond substituents is 1. The van der Waals surface area contributed by atoms with E-state index in [9.17, 15) is 5.11 Å². The Kier molecular flexibility index (Phi) is 3.31. The lowest BCUT2D eigenvalue weighted by Crippen LogP contribution is -1.90. The summed E-state index contributed by atoms with van der Waals surface area (Å²) in [6.07, 6.45) is 1.92. The fourth-order valence-electron chi connectivity index (χ4n) is 1.06. The van der Waals surface area contributed by atoms with E-state index >= 15 is 0 Å². The molecule has 1 N–H and O–H groups in total. The van der Waals surface area contributed by atoms with Crippen LogP contribution in [0.25, 0.3) is 0 Å². The number of hydrogen-bond donors (Lipinski definition) is 1. The quantitative estimate of drug-likeness (QED) is 0.759. The number of thioether (sulfide) groups is 1. The number of benzene rings is 1. The second-order valence-electron chi connectivity index (χ2n) is 2.35. The first kappa shape index (κ1) is 10.1. The van der Waals surface area contributed by atoms with Gasteiger partial charge in [0.1, 0.15) is 0 Å². The minimum atomic E-state index is 0.0526. The van der Waals surface area contributed by atoms with Crippen molar-refractivity contribution in [3.63, 3.8) is 0 Å². The van der Waals surface area contributed by atoms with Gasteiger partial charge in [-0.1, -0.05) is 0 Å². The molecule has 0 radical (unpaired) electrons. The molecular weight excluding hydrogens is 188 g/mol. The highest BCUT2D eigenvalue weighted by Gasteiger charge is 2.12. The van der Waals surface area contributed by atoms with Crippen molar-refractivity contribution in [3.05, 3.63) is 12.1 Å². The summed E-state index contributed by atoms with van der Waals surface area (Å²) in [4.78, 5) is 0.890. The second kappa shape index (κ2) is 4.28. The molecule has 0 aliphatic heterocycles. The molecule has 72 valence electrons. The first-order valence-electron chi connectivity index (χ1n) is 3.72. The monoisotopic (exact) mass is 200 g/mol. The van der Waals surface area contributed by atoms with Gasteiger partial charge in [-0.05, 0) is 18.4 Å². The molecule has 0 amide bonds. The molecule has 3 nitrogen and oxygen atoms in total. The third kappa shape index (κ3) is 1.83. The Morgan fingerprint density at radius 1 is 1.23 bits per heavy atom. The SMILES string of the molecule is COc1ccc(SC)c(OC)c1O. The zero-order valence-corrected chi connectivity index (χ0v) is 8.64. The van der Waals surface area contributed by atoms with Gasteiger partial charge in [0.05, 0.1) is 19.1 Å². The first-order chi connectivity index (χ1) is 6.24. The fourth-order valence-corrected chi connectivity index (χ4v) is 1.63. The van der Waals surface area contributed by atoms with Crippen LogP contribution in [0.4, 0.5) is 0 Å². The number of ether oxygens (including phenoxy) is 2. The summed E-state index contributed by atoms with van der Waals surface area (Å²) in [6.45, 7) is 0. The number of aromatic hydroxyl groups is 1. The van der Waals surface area contributed by atoms with Crippen LogP contribution in [0.3, 0.4) is 0 Å². The molecule has 0 saturated heterocycles. The molecule has 1 aromatic rings. The molecule has 1 rings (SSSR count). The number of phenols is 1. The highest BCUT2D eigenvalue weighted by Crippen LogP contribution is 2.42. The molecule has 0 aromatic heterocycles. The van der Waals surface area contributed by atoms with Crippen LogP contribution in [0.2, 0.25) is 0 Å². The molecule has 0 aliphatic carbocycles. The van der Waals surface area contributed by atoms with Crippen LogP contribution in [-0.4, -0.2) is 25.6 Å². The summed E-state index contributed by atoms with van der Waals surface area (Å²) < 4.78 is 10.0. The van der Waals surface area contributed by atoms with Gasteiger partial charge in [0.15, 0.2) is 11.5 Å². The van der Waals surface area contributed by atoms with E-state index in [2.05, 4.69) is 0 Å². The van der Waals surface area contributed by atoms with Gasteiger partial charge >= 0.3 is 0 Å². The predicted octanol–water partition coefficient (Wildman–Crippen LogP) is 2.13. The largest absolute Gasteiger partial charge is 0.502 e. The van der Waals surface area contributed by atoms with Crippen molar-refractivity contribution in [2.24, 2.45) is 0 Å². The zero-order valence-electron chi connectivity index (χ0n) is 7.83. The molecule has 0 aliphatic rings. The smallest absolute Gasteiger partial charge is 0.201 e. The molecule has 13 heavy (non-hydrogen) atoms. The van der Waals surface area contributed by atoms with Gasteiger partial charge in [0, 0.05) is 0 Å². The Hall–Kier alpha value is -1.03. The molecule has 0 unspecified atom stereocenters. The van der Waals surface area contributed by atoms with E-state index in [1.165, 1.54) is 26.0 Å². The molecule has 4 heteroatoms. The van der Waals surface area contributed by atoms with E-state index in [0.717, 1.165) is 4.90 Å². The van der Waals surface area contributed by atoms with Gasteiger partial charge in [0.2, 0.25) is 5.75 Å². The zero-order chi connectivity index (χ0) is 9.84. The highest BCUT2D eigenvalue weighted by molar-refractivity contribution is 7.98. The summed E-state index contributed by atoms with van der Waals surface area (Å²) in [5.74, 6) is 0.943. The van der Waals surface area contributed by atoms with Crippen molar-refractivity contribution >= 4 is 11.8 Å². The lowest BCUT2D eigenvalue weighted by Gasteiger charge is -2.10. The van der Waals surface area contributed by atoms with E-state index in [0.29, 0.717) is 11.5 Å². The van der Waals surface area contributed by atoms with Crippen molar-refractivity contribution in [1.82, 2.24) is 0 Å². The van der Waals surface area contributed by atoms with E-state index in [-0.39, 0.29) is 5.75 Å². The summed E-state index contributed by atoms with van der Waals surface area (Å²) in [7, 11) is 3.03. The van der Waals surface area contributed by atoms with Crippen molar-refractivity contribution in [2.45, 2.75) is 4.90 Å². The van der Waals surface area contributed by atoms with Crippen LogP contribution in [0.15, 0.2) is 17.0 Å². The average Bonchev–Trinajstić information content (AvgIpc) is 2.17. The minimum absolute atomic E-state index is 0.0526. The second-order valence-corrected chi connectivity index (χ2v) is 3.20. The lowest BCUT2D eigenvalue weighted by molar-refractivity contribution is 0.334. The minimum Gasteiger partial charge on any atom is -0.502 e. The number of methoxy groups -OCH3 is 2. The van der Waals surface area contributed by atoms with Crippen LogP contribution in [-0.2, 0) is 0 Å². The van der Waals surface area contributed by atoms with Gasteiger partial charge in [-0.2, -0.15) is 0 Å². The molecule has 0 spiro atoms. The van der Waals surface area contributed by atoms with Gasteiger partial charge in [-0.25, -0.2) is 0 Å². The van der Waals surface area contributed by atoms with Gasteiger partial charge in [-0.15, -0.1) is 11.8 Å². The molecule has 0 atom stereocenters. The highest BCUT2D eigenvalue weighted by atomic mass is 32.2. The Bertz CT molecular complexity index is 299. The molecular formula is C9H12O3S. The van der Waals surface area contributed by atoms with Crippen LogP contribution in [0, 0.1) is 0 Å². The maximum Gasteiger partial charge on any atom is 0.201 e. The average molecular weight is 200 g/mol. The summed E-state index contributed by atoms with van der Waals surface area (Å²) in [6, 6.07) is 3.56.